The highest BCUT2D eigenvalue weighted by molar-refractivity contribution is 5.94. The molecule has 0 bridgehead atoms. The molecule has 4 heteroatoms. The summed E-state index contributed by atoms with van der Waals surface area (Å²) in [5.41, 5.74) is 2.31. The van der Waals surface area contributed by atoms with Crippen molar-refractivity contribution in [2.24, 2.45) is 0 Å². The molecule has 18 heavy (non-hydrogen) atoms. The summed E-state index contributed by atoms with van der Waals surface area (Å²) in [5.74, 6) is -1.01. The minimum atomic E-state index is -1.01. The third-order valence-electron chi connectivity index (χ3n) is 2.61. The van der Waals surface area contributed by atoms with Crippen LogP contribution in [0.1, 0.15) is 27.6 Å². The number of aromatic nitrogens is 1. The number of benzene rings is 1. The van der Waals surface area contributed by atoms with Gasteiger partial charge in [0.05, 0.1) is 5.56 Å². The van der Waals surface area contributed by atoms with Crippen LogP contribution >= 0.6 is 0 Å². The monoisotopic (exact) mass is 241 g/mol. The molecule has 0 aliphatic rings. The lowest BCUT2D eigenvalue weighted by Crippen LogP contribution is -1.97. The molecule has 0 amide bonds. The summed E-state index contributed by atoms with van der Waals surface area (Å²) in [6.07, 6.45) is 2.89. The summed E-state index contributed by atoms with van der Waals surface area (Å²) in [4.78, 5) is 25.9. The van der Waals surface area contributed by atoms with Crippen molar-refractivity contribution in [1.29, 1.82) is 0 Å². The molecule has 0 atom stereocenters. The van der Waals surface area contributed by atoms with Crippen LogP contribution in [0.4, 0.5) is 0 Å². The topological polar surface area (TPSA) is 67.3 Å². The SMILES string of the molecule is CC(=O)c1ccc(-c2cncc(C(=O)O)c2)cc1. The van der Waals surface area contributed by atoms with Crippen LogP contribution < -0.4 is 0 Å². The van der Waals surface area contributed by atoms with Gasteiger partial charge in [-0.2, -0.15) is 0 Å². The fourth-order valence-corrected chi connectivity index (χ4v) is 1.61. The Kier molecular flexibility index (Phi) is 3.19. The summed E-state index contributed by atoms with van der Waals surface area (Å²) in [6, 6.07) is 8.53. The van der Waals surface area contributed by atoms with Gasteiger partial charge in [-0.05, 0) is 18.6 Å². The Labute approximate surface area is 104 Å². The number of nitrogens with zero attached hydrogens (tertiary/aromatic N) is 1. The minimum absolute atomic E-state index is 0.000961. The number of carboxylic acids is 1. The summed E-state index contributed by atoms with van der Waals surface area (Å²) in [7, 11) is 0. The van der Waals surface area contributed by atoms with Gasteiger partial charge in [0, 0.05) is 23.5 Å². The molecular weight excluding hydrogens is 230 g/mol. The second-order valence-corrected chi connectivity index (χ2v) is 3.90. The Morgan fingerprint density at radius 2 is 1.67 bits per heavy atom. The maximum absolute atomic E-state index is 11.1. The third-order valence-corrected chi connectivity index (χ3v) is 2.61. The van der Waals surface area contributed by atoms with Crippen LogP contribution in [0.15, 0.2) is 42.7 Å². The maximum Gasteiger partial charge on any atom is 0.337 e. The van der Waals surface area contributed by atoms with E-state index in [1.165, 1.54) is 13.1 Å². The van der Waals surface area contributed by atoms with E-state index in [1.54, 1.807) is 36.5 Å². The number of hydrogen-bond donors (Lipinski definition) is 1. The molecular formula is C14H11NO3. The molecule has 0 spiro atoms. The van der Waals surface area contributed by atoms with E-state index in [-0.39, 0.29) is 11.3 Å². The number of carboxylic acid groups (broad SMARTS) is 1. The highest BCUT2D eigenvalue weighted by Crippen LogP contribution is 2.20. The zero-order chi connectivity index (χ0) is 13.1. The van der Waals surface area contributed by atoms with Gasteiger partial charge >= 0.3 is 5.97 Å². The van der Waals surface area contributed by atoms with Gasteiger partial charge in [0.1, 0.15) is 0 Å². The average molecular weight is 241 g/mol. The van der Waals surface area contributed by atoms with Crippen molar-refractivity contribution in [3.05, 3.63) is 53.9 Å². The predicted molar refractivity (Wildman–Crippen MR) is 66.6 cm³/mol. The molecule has 0 radical (unpaired) electrons. The minimum Gasteiger partial charge on any atom is -0.478 e. The molecule has 0 aliphatic carbocycles. The van der Waals surface area contributed by atoms with Gasteiger partial charge in [-0.25, -0.2) is 4.79 Å². The van der Waals surface area contributed by atoms with Crippen LogP contribution in [0.2, 0.25) is 0 Å². The highest BCUT2D eigenvalue weighted by atomic mass is 16.4. The van der Waals surface area contributed by atoms with Crippen molar-refractivity contribution in [2.75, 3.05) is 0 Å². The van der Waals surface area contributed by atoms with E-state index in [9.17, 15) is 9.59 Å². The predicted octanol–water partition coefficient (Wildman–Crippen LogP) is 2.65. The molecule has 0 fully saturated rings. The Morgan fingerprint density at radius 1 is 1.00 bits per heavy atom. The molecule has 0 saturated carbocycles. The number of aromatic carboxylic acids is 1. The smallest absolute Gasteiger partial charge is 0.337 e. The van der Waals surface area contributed by atoms with Crippen molar-refractivity contribution in [2.45, 2.75) is 6.92 Å². The highest BCUT2D eigenvalue weighted by Gasteiger charge is 2.06. The number of carbonyl (C=O) groups excluding carboxylic acids is 1. The first-order chi connectivity index (χ1) is 8.58. The van der Waals surface area contributed by atoms with Crippen LogP contribution in [0.5, 0.6) is 0 Å². The fraction of sp³-hybridized carbons (Fsp3) is 0.0714. The molecule has 2 aromatic rings. The van der Waals surface area contributed by atoms with Crippen LogP contribution in [0.25, 0.3) is 11.1 Å². The molecule has 0 unspecified atom stereocenters. The first-order valence-electron chi connectivity index (χ1n) is 5.37. The Bertz CT molecular complexity index is 603. The van der Waals surface area contributed by atoms with Crippen molar-refractivity contribution in [3.8, 4) is 11.1 Å². The van der Waals surface area contributed by atoms with Crippen LogP contribution in [-0.2, 0) is 0 Å². The fourth-order valence-electron chi connectivity index (χ4n) is 1.61. The van der Waals surface area contributed by atoms with Gasteiger partial charge in [0.25, 0.3) is 0 Å². The average Bonchev–Trinajstić information content (AvgIpc) is 2.39. The standard InChI is InChI=1S/C14H11NO3/c1-9(16)10-2-4-11(5-3-10)12-6-13(14(17)18)8-15-7-12/h2-8H,1H3,(H,17,18). The summed E-state index contributed by atoms with van der Waals surface area (Å²) in [5, 5.41) is 8.89. The van der Waals surface area contributed by atoms with Crippen molar-refractivity contribution in [1.82, 2.24) is 4.98 Å². The lowest BCUT2D eigenvalue weighted by atomic mass is 10.0. The first kappa shape index (κ1) is 12.0. The molecule has 0 saturated heterocycles. The van der Waals surface area contributed by atoms with Crippen molar-refractivity contribution < 1.29 is 14.7 Å². The number of Topliss-reactive ketones (excluding diaryl/α,β-unsaturated/α-hetero) is 1. The van der Waals surface area contributed by atoms with Gasteiger partial charge < -0.3 is 5.11 Å². The van der Waals surface area contributed by atoms with Gasteiger partial charge in [0.15, 0.2) is 5.78 Å². The van der Waals surface area contributed by atoms with E-state index in [4.69, 9.17) is 5.11 Å². The van der Waals surface area contributed by atoms with Crippen LogP contribution in [-0.4, -0.2) is 21.8 Å². The molecule has 2 rings (SSSR count). The summed E-state index contributed by atoms with van der Waals surface area (Å²) < 4.78 is 0. The second kappa shape index (κ2) is 4.79. The Morgan fingerprint density at radius 3 is 2.22 bits per heavy atom. The quantitative estimate of drug-likeness (QED) is 0.839. The molecule has 4 nitrogen and oxygen atoms in total. The van der Waals surface area contributed by atoms with Crippen molar-refractivity contribution >= 4 is 11.8 Å². The molecule has 1 aromatic carbocycles. The molecule has 0 aliphatic heterocycles. The van der Waals surface area contributed by atoms with Crippen LogP contribution in [0.3, 0.4) is 0 Å². The first-order valence-corrected chi connectivity index (χ1v) is 5.37. The Hall–Kier alpha value is -2.49. The van der Waals surface area contributed by atoms with E-state index >= 15 is 0 Å². The third kappa shape index (κ3) is 2.43. The lowest BCUT2D eigenvalue weighted by Gasteiger charge is -2.03. The number of carbonyl (C=O) groups is 2. The van der Waals surface area contributed by atoms with Gasteiger partial charge in [-0.3, -0.25) is 9.78 Å². The van der Waals surface area contributed by atoms with E-state index in [1.807, 2.05) is 0 Å². The van der Waals surface area contributed by atoms with Crippen molar-refractivity contribution in [3.63, 3.8) is 0 Å². The molecule has 1 heterocycles. The van der Waals surface area contributed by atoms with E-state index in [0.717, 1.165) is 5.56 Å². The maximum atomic E-state index is 11.1. The summed E-state index contributed by atoms with van der Waals surface area (Å²) >= 11 is 0. The van der Waals surface area contributed by atoms with E-state index in [2.05, 4.69) is 4.98 Å². The largest absolute Gasteiger partial charge is 0.478 e. The number of ketones is 1. The lowest BCUT2D eigenvalue weighted by molar-refractivity contribution is 0.0696. The number of pyridine rings is 1. The van der Waals surface area contributed by atoms with Crippen LogP contribution in [0, 0.1) is 0 Å². The van der Waals surface area contributed by atoms with E-state index in [0.29, 0.717) is 11.1 Å². The Balaban J connectivity index is 2.39. The van der Waals surface area contributed by atoms with Gasteiger partial charge in [-0.15, -0.1) is 0 Å². The zero-order valence-corrected chi connectivity index (χ0v) is 9.75. The van der Waals surface area contributed by atoms with Gasteiger partial charge in [-0.1, -0.05) is 24.3 Å². The molecule has 90 valence electrons. The normalized spacial score (nSPS) is 10.1. The van der Waals surface area contributed by atoms with E-state index < -0.39 is 5.97 Å². The number of rotatable bonds is 3. The molecule has 1 N–H and O–H groups in total. The molecule has 1 aromatic heterocycles. The second-order valence-electron chi connectivity index (χ2n) is 3.90. The summed E-state index contributed by atoms with van der Waals surface area (Å²) in [6.45, 7) is 1.50. The number of hydrogen-bond acceptors (Lipinski definition) is 3. The van der Waals surface area contributed by atoms with Gasteiger partial charge in [0.2, 0.25) is 0 Å². The zero-order valence-electron chi connectivity index (χ0n) is 9.75.